The van der Waals surface area contributed by atoms with Crippen molar-refractivity contribution in [3.05, 3.63) is 12.2 Å². The molecule has 9 unspecified atom stereocenters. The van der Waals surface area contributed by atoms with Crippen LogP contribution in [0.1, 0.15) is 32.1 Å². The second-order valence-electron chi connectivity index (χ2n) is 9.24. The zero-order valence-corrected chi connectivity index (χ0v) is 17.8. The van der Waals surface area contributed by atoms with Crippen LogP contribution >= 0.6 is 0 Å². The van der Waals surface area contributed by atoms with Gasteiger partial charge in [-0.1, -0.05) is 12.2 Å². The lowest BCUT2D eigenvalue weighted by Gasteiger charge is -2.30. The summed E-state index contributed by atoms with van der Waals surface area (Å²) in [7, 11) is -7.74. The molecule has 0 spiro atoms. The van der Waals surface area contributed by atoms with Crippen LogP contribution in [0.3, 0.4) is 0 Å². The number of hydrogen-bond acceptors (Lipinski definition) is 8. The van der Waals surface area contributed by atoms with E-state index in [0.717, 1.165) is 0 Å². The van der Waals surface area contributed by atoms with Crippen LogP contribution in [-0.4, -0.2) is 56.4 Å². The van der Waals surface area contributed by atoms with Gasteiger partial charge in [0.05, 0.1) is 16.9 Å². The van der Waals surface area contributed by atoms with Crippen molar-refractivity contribution in [3.8, 4) is 0 Å². The van der Waals surface area contributed by atoms with E-state index < -0.39 is 61.3 Å². The molecule has 4 aliphatic carbocycles. The average molecular weight is 461 g/mol. The topological polar surface area (TPSA) is 141 Å². The number of ketones is 1. The lowest BCUT2D eigenvalue weighted by molar-refractivity contribution is -0.165. The molecular formula is C19H24O9S2. The van der Waals surface area contributed by atoms with Crippen LogP contribution in [0.5, 0.6) is 0 Å². The van der Waals surface area contributed by atoms with Crippen LogP contribution in [-0.2, 0) is 38.7 Å². The van der Waals surface area contributed by atoms with E-state index in [1.807, 2.05) is 12.2 Å². The molecule has 5 aliphatic rings. The summed E-state index contributed by atoms with van der Waals surface area (Å²) in [6, 6.07) is 0. The molecule has 3 saturated carbocycles. The van der Waals surface area contributed by atoms with Crippen LogP contribution in [0, 0.1) is 35.5 Å². The molecule has 4 fully saturated rings. The van der Waals surface area contributed by atoms with Crippen LogP contribution in [0.2, 0.25) is 0 Å². The predicted octanol–water partition coefficient (Wildman–Crippen LogP) is 0.711. The molecule has 1 heterocycles. The first-order valence-corrected chi connectivity index (χ1v) is 13.4. The average Bonchev–Trinajstić information content (AvgIpc) is 3.41. The van der Waals surface area contributed by atoms with E-state index >= 15 is 0 Å². The van der Waals surface area contributed by atoms with Crippen molar-refractivity contribution in [1.29, 1.82) is 0 Å². The highest BCUT2D eigenvalue weighted by Crippen LogP contribution is 2.56. The monoisotopic (exact) mass is 460 g/mol. The van der Waals surface area contributed by atoms with Gasteiger partial charge in [-0.15, -0.1) is 0 Å². The fourth-order valence-corrected chi connectivity index (χ4v) is 8.83. The first-order chi connectivity index (χ1) is 14.0. The summed E-state index contributed by atoms with van der Waals surface area (Å²) in [4.78, 5) is 25.9. The van der Waals surface area contributed by atoms with E-state index in [1.54, 1.807) is 0 Å². The summed E-state index contributed by atoms with van der Waals surface area (Å²) < 4.78 is 65.9. The summed E-state index contributed by atoms with van der Waals surface area (Å²) in [6.45, 7) is 0. The van der Waals surface area contributed by atoms with Gasteiger partial charge in [0.2, 0.25) is 0 Å². The molecular weight excluding hydrogens is 436 g/mol. The number of carbonyl (C=O) groups is 2. The van der Waals surface area contributed by atoms with E-state index in [9.17, 15) is 26.4 Å². The Kier molecular flexibility index (Phi) is 4.70. The van der Waals surface area contributed by atoms with Crippen molar-refractivity contribution in [2.75, 3.05) is 5.75 Å². The lowest BCUT2D eigenvalue weighted by Crippen LogP contribution is -2.41. The number of carbonyl (C=O) groups excluding carboxylic acids is 2. The van der Waals surface area contributed by atoms with Gasteiger partial charge in [0.25, 0.3) is 20.2 Å². The minimum atomic E-state index is -4.14. The van der Waals surface area contributed by atoms with Gasteiger partial charge >= 0.3 is 5.97 Å². The van der Waals surface area contributed by atoms with Gasteiger partial charge in [0.1, 0.15) is 18.0 Å². The lowest BCUT2D eigenvalue weighted by atomic mass is 9.79. The van der Waals surface area contributed by atoms with E-state index in [-0.39, 0.29) is 42.3 Å². The number of hydrogen-bond donors (Lipinski definition) is 1. The Balaban J connectivity index is 1.28. The number of rotatable bonds is 7. The smallest absolute Gasteiger partial charge is 0.310 e. The third kappa shape index (κ3) is 3.25. The maximum atomic E-state index is 13.1. The molecule has 0 radical (unpaired) electrons. The van der Waals surface area contributed by atoms with Crippen LogP contribution < -0.4 is 0 Å². The number of ether oxygens (including phenoxy) is 1. The second-order valence-corrected chi connectivity index (χ2v) is 12.6. The molecule has 0 aromatic heterocycles. The molecule has 11 heteroatoms. The quantitative estimate of drug-likeness (QED) is 0.252. The highest BCUT2D eigenvalue weighted by atomic mass is 32.2. The molecule has 0 amide bonds. The Hall–Kier alpha value is -1.30. The summed E-state index contributed by atoms with van der Waals surface area (Å²) in [5.74, 6) is -2.79. The van der Waals surface area contributed by atoms with Crippen molar-refractivity contribution < 1.29 is 39.9 Å². The highest BCUT2D eigenvalue weighted by Gasteiger charge is 2.66. The largest absolute Gasteiger partial charge is 0.459 e. The summed E-state index contributed by atoms with van der Waals surface area (Å²) in [5, 5.41) is -0.495. The molecule has 30 heavy (non-hydrogen) atoms. The normalized spacial score (nSPS) is 44.6. The van der Waals surface area contributed by atoms with Gasteiger partial charge < -0.3 is 4.74 Å². The molecule has 0 aromatic rings. The van der Waals surface area contributed by atoms with E-state index in [2.05, 4.69) is 0 Å². The van der Waals surface area contributed by atoms with Crippen molar-refractivity contribution in [2.24, 2.45) is 35.5 Å². The molecule has 9 atom stereocenters. The van der Waals surface area contributed by atoms with Crippen molar-refractivity contribution in [2.45, 2.75) is 49.6 Å². The Labute approximate surface area is 175 Å². The number of Topliss-reactive ketones (excluding diaryl/α,β-unsaturated/α-hetero) is 1. The third-order valence-electron chi connectivity index (χ3n) is 7.59. The van der Waals surface area contributed by atoms with Crippen LogP contribution in [0.4, 0.5) is 0 Å². The number of esters is 1. The Morgan fingerprint density at radius 1 is 1.10 bits per heavy atom. The second kappa shape index (κ2) is 6.85. The zero-order valence-electron chi connectivity index (χ0n) is 16.1. The maximum Gasteiger partial charge on any atom is 0.310 e. The molecule has 1 saturated heterocycles. The Morgan fingerprint density at radius 2 is 1.80 bits per heavy atom. The standard InChI is InChI=1S/C19H24O9S2/c20-13(2-1-5-29(22,23)24)15-9-3-4-10(6-9)16(15)19(21)27-17-11-7-12-14(8-11)30(25,26)28-18(12)17/h3-4,9-12,14-18H,1-2,5-8H2,(H,22,23,24). The predicted molar refractivity (Wildman–Crippen MR) is 102 cm³/mol. The summed E-state index contributed by atoms with van der Waals surface area (Å²) in [5.41, 5.74) is 0. The first-order valence-electron chi connectivity index (χ1n) is 10.3. The highest BCUT2D eigenvalue weighted by molar-refractivity contribution is 7.87. The SMILES string of the molecule is O=C(CCCS(=O)(=O)O)C1C2C=CC(C2)C1C(=O)OC1C2CC3C1OS(=O)(=O)C3C2. The molecule has 0 aromatic carbocycles. The first kappa shape index (κ1) is 20.6. The Morgan fingerprint density at radius 3 is 2.50 bits per heavy atom. The van der Waals surface area contributed by atoms with Gasteiger partial charge in [0.15, 0.2) is 0 Å². The van der Waals surface area contributed by atoms with Crippen molar-refractivity contribution in [3.63, 3.8) is 0 Å². The number of allylic oxidation sites excluding steroid dienone is 2. The molecule has 5 rings (SSSR count). The minimum Gasteiger partial charge on any atom is -0.459 e. The molecule has 1 aliphatic heterocycles. The Bertz CT molecular complexity index is 1010. The fourth-order valence-electron chi connectivity index (χ4n) is 6.43. The maximum absolute atomic E-state index is 13.1. The van der Waals surface area contributed by atoms with Gasteiger partial charge in [-0.3, -0.25) is 18.3 Å². The van der Waals surface area contributed by atoms with Gasteiger partial charge in [0, 0.05) is 24.2 Å². The van der Waals surface area contributed by atoms with Crippen LogP contribution in [0.25, 0.3) is 0 Å². The fraction of sp³-hybridized carbons (Fsp3) is 0.789. The summed E-state index contributed by atoms with van der Waals surface area (Å²) in [6.07, 6.45) is 4.36. The van der Waals surface area contributed by atoms with Gasteiger partial charge in [-0.25, -0.2) is 0 Å². The van der Waals surface area contributed by atoms with Gasteiger partial charge in [-0.05, 0) is 37.5 Å². The zero-order chi connectivity index (χ0) is 21.4. The van der Waals surface area contributed by atoms with E-state index in [0.29, 0.717) is 19.3 Å². The van der Waals surface area contributed by atoms with Crippen LogP contribution in [0.15, 0.2) is 12.2 Å². The number of fused-ring (bicyclic) bond motifs is 3. The molecule has 4 bridgehead atoms. The molecule has 1 N–H and O–H groups in total. The van der Waals surface area contributed by atoms with E-state index in [1.165, 1.54) is 0 Å². The van der Waals surface area contributed by atoms with Crippen molar-refractivity contribution in [1.82, 2.24) is 0 Å². The summed E-state index contributed by atoms with van der Waals surface area (Å²) >= 11 is 0. The third-order valence-corrected chi connectivity index (χ3v) is 10.2. The molecule has 166 valence electrons. The van der Waals surface area contributed by atoms with E-state index in [4.69, 9.17) is 13.5 Å². The minimum absolute atomic E-state index is 0.00141. The molecule has 9 nitrogen and oxygen atoms in total. The van der Waals surface area contributed by atoms with Gasteiger partial charge in [-0.2, -0.15) is 16.8 Å². The van der Waals surface area contributed by atoms with Crippen molar-refractivity contribution >= 4 is 32.0 Å².